The standard InChI is InChI=1S/C28H34ClN9O2/c1-6-38-17(2)18(15-30-38)16-36(4)28(40)25-21-13-19(29)7-8-22(21)32-26(33-25)23-14-24(37(5)34-23)27(39)31-20-9-11-35(3)12-10-20/h7-8,13-15,20H,6,9-12,16H2,1-5H3,(H,31,39). The first-order chi connectivity index (χ1) is 19.1. The maximum absolute atomic E-state index is 13.7. The molecule has 1 fully saturated rings. The van der Waals surface area contributed by atoms with Crippen molar-refractivity contribution in [1.29, 1.82) is 0 Å². The highest BCUT2D eigenvalue weighted by atomic mass is 35.5. The fraction of sp³-hybridized carbons (Fsp3) is 0.429. The Bertz CT molecular complexity index is 1570. The maximum atomic E-state index is 13.7. The molecule has 0 saturated carbocycles. The Hall–Kier alpha value is -3.83. The number of aromatic nitrogens is 6. The van der Waals surface area contributed by atoms with Gasteiger partial charge in [-0.3, -0.25) is 19.0 Å². The molecule has 210 valence electrons. The number of fused-ring (bicyclic) bond motifs is 1. The molecule has 11 nitrogen and oxygen atoms in total. The van der Waals surface area contributed by atoms with E-state index in [1.165, 1.54) is 4.68 Å². The highest BCUT2D eigenvalue weighted by molar-refractivity contribution is 6.31. The average molecular weight is 564 g/mol. The first-order valence-electron chi connectivity index (χ1n) is 13.4. The van der Waals surface area contributed by atoms with Crippen molar-refractivity contribution in [2.75, 3.05) is 27.2 Å². The van der Waals surface area contributed by atoms with E-state index in [9.17, 15) is 9.59 Å². The first kappa shape index (κ1) is 27.7. The van der Waals surface area contributed by atoms with Crippen LogP contribution in [-0.2, 0) is 20.1 Å². The van der Waals surface area contributed by atoms with Crippen molar-refractivity contribution < 1.29 is 9.59 Å². The number of rotatable bonds is 7. The van der Waals surface area contributed by atoms with Crippen LogP contribution in [0.2, 0.25) is 5.02 Å². The van der Waals surface area contributed by atoms with Crippen molar-refractivity contribution >= 4 is 34.3 Å². The summed E-state index contributed by atoms with van der Waals surface area (Å²) in [5.41, 5.74) is 3.56. The molecule has 1 N–H and O–H groups in total. The third-order valence-corrected chi connectivity index (χ3v) is 7.75. The Kier molecular flexibility index (Phi) is 7.86. The largest absolute Gasteiger partial charge is 0.348 e. The van der Waals surface area contributed by atoms with E-state index >= 15 is 0 Å². The predicted octanol–water partition coefficient (Wildman–Crippen LogP) is 3.30. The topological polar surface area (TPSA) is 114 Å². The Balaban J connectivity index is 1.46. The van der Waals surface area contributed by atoms with E-state index in [4.69, 9.17) is 11.6 Å². The van der Waals surface area contributed by atoms with Gasteiger partial charge in [-0.1, -0.05) is 11.6 Å². The zero-order valence-corrected chi connectivity index (χ0v) is 24.2. The molecule has 0 aliphatic carbocycles. The minimum atomic E-state index is -0.282. The Morgan fingerprint density at radius 3 is 2.60 bits per heavy atom. The Labute approximate surface area is 238 Å². The van der Waals surface area contributed by atoms with Crippen molar-refractivity contribution in [2.24, 2.45) is 7.05 Å². The lowest BCUT2D eigenvalue weighted by Crippen LogP contribution is -2.43. The Morgan fingerprint density at radius 1 is 1.15 bits per heavy atom. The third kappa shape index (κ3) is 5.57. The second-order valence-electron chi connectivity index (χ2n) is 10.4. The van der Waals surface area contributed by atoms with Gasteiger partial charge in [0.1, 0.15) is 17.1 Å². The number of nitrogens with one attached hydrogen (secondary N) is 1. The van der Waals surface area contributed by atoms with Gasteiger partial charge in [-0.15, -0.1) is 0 Å². The fourth-order valence-electron chi connectivity index (χ4n) is 5.05. The molecule has 0 radical (unpaired) electrons. The van der Waals surface area contributed by atoms with Crippen LogP contribution in [0.4, 0.5) is 0 Å². The molecule has 1 aliphatic rings. The van der Waals surface area contributed by atoms with E-state index in [0.717, 1.165) is 43.7 Å². The maximum Gasteiger partial charge on any atom is 0.273 e. The molecule has 0 unspecified atom stereocenters. The zero-order valence-electron chi connectivity index (χ0n) is 23.5. The van der Waals surface area contributed by atoms with Gasteiger partial charge in [0.05, 0.1) is 11.7 Å². The molecule has 40 heavy (non-hydrogen) atoms. The van der Waals surface area contributed by atoms with E-state index in [2.05, 4.69) is 37.4 Å². The lowest BCUT2D eigenvalue weighted by molar-refractivity contribution is 0.0780. The number of aryl methyl sites for hydroxylation is 2. The molecule has 3 aromatic heterocycles. The summed E-state index contributed by atoms with van der Waals surface area (Å²) in [6.07, 6.45) is 3.59. The molecule has 1 aromatic carbocycles. The van der Waals surface area contributed by atoms with E-state index < -0.39 is 0 Å². The van der Waals surface area contributed by atoms with Crippen molar-refractivity contribution in [2.45, 2.75) is 45.8 Å². The number of halogens is 1. The monoisotopic (exact) mass is 563 g/mol. The van der Waals surface area contributed by atoms with Crippen molar-refractivity contribution in [3.05, 3.63) is 58.1 Å². The van der Waals surface area contributed by atoms with Gasteiger partial charge in [0.2, 0.25) is 0 Å². The lowest BCUT2D eigenvalue weighted by atomic mass is 10.1. The van der Waals surface area contributed by atoms with Gasteiger partial charge < -0.3 is 15.1 Å². The van der Waals surface area contributed by atoms with E-state index in [-0.39, 0.29) is 29.4 Å². The molecule has 1 saturated heterocycles. The number of likely N-dealkylation sites (tertiary alicyclic amines) is 1. The summed E-state index contributed by atoms with van der Waals surface area (Å²) < 4.78 is 3.42. The van der Waals surface area contributed by atoms with E-state index in [0.29, 0.717) is 33.9 Å². The number of benzene rings is 1. The minimum Gasteiger partial charge on any atom is -0.348 e. The van der Waals surface area contributed by atoms with Gasteiger partial charge >= 0.3 is 0 Å². The van der Waals surface area contributed by atoms with E-state index in [1.54, 1.807) is 49.5 Å². The summed E-state index contributed by atoms with van der Waals surface area (Å²) in [5.74, 6) is -0.214. The van der Waals surface area contributed by atoms with Crippen LogP contribution >= 0.6 is 11.6 Å². The molecule has 0 spiro atoms. The highest BCUT2D eigenvalue weighted by Crippen LogP contribution is 2.26. The number of hydrogen-bond donors (Lipinski definition) is 1. The fourth-order valence-corrected chi connectivity index (χ4v) is 5.22. The molecule has 5 rings (SSSR count). The number of carbonyl (C=O) groups excluding carboxylic acids is 2. The predicted molar refractivity (Wildman–Crippen MR) is 153 cm³/mol. The zero-order chi connectivity index (χ0) is 28.6. The van der Waals surface area contributed by atoms with Gasteiger partial charge in [-0.25, -0.2) is 9.97 Å². The number of piperidine rings is 1. The van der Waals surface area contributed by atoms with Crippen LogP contribution in [0.25, 0.3) is 22.4 Å². The van der Waals surface area contributed by atoms with Crippen LogP contribution < -0.4 is 5.32 Å². The SMILES string of the molecule is CCn1ncc(CN(C)C(=O)c2nc(-c3cc(C(=O)NC4CCN(C)CC4)n(C)n3)nc3ccc(Cl)cc23)c1C. The number of carbonyl (C=O) groups is 2. The summed E-state index contributed by atoms with van der Waals surface area (Å²) >= 11 is 6.29. The molecular formula is C28H34ClN9O2. The van der Waals surface area contributed by atoms with E-state index in [1.807, 2.05) is 18.5 Å². The summed E-state index contributed by atoms with van der Waals surface area (Å²) in [7, 11) is 5.53. The molecule has 12 heteroatoms. The van der Waals surface area contributed by atoms with Crippen molar-refractivity contribution in [1.82, 2.24) is 44.6 Å². The number of hydrogen-bond acceptors (Lipinski definition) is 7. The van der Waals surface area contributed by atoms with Gasteiger partial charge in [0.25, 0.3) is 11.8 Å². The third-order valence-electron chi connectivity index (χ3n) is 7.51. The smallest absolute Gasteiger partial charge is 0.273 e. The highest BCUT2D eigenvalue weighted by Gasteiger charge is 2.25. The normalized spacial score (nSPS) is 14.6. The van der Waals surface area contributed by atoms with Crippen molar-refractivity contribution in [3.8, 4) is 11.5 Å². The molecule has 2 amide bonds. The molecule has 0 atom stereocenters. The van der Waals surface area contributed by atoms with Gasteiger partial charge in [0.15, 0.2) is 5.82 Å². The van der Waals surface area contributed by atoms with Crippen LogP contribution in [0.5, 0.6) is 0 Å². The van der Waals surface area contributed by atoms with Crippen LogP contribution in [0, 0.1) is 6.92 Å². The van der Waals surface area contributed by atoms with Gasteiger partial charge in [0, 0.05) is 61.0 Å². The summed E-state index contributed by atoms with van der Waals surface area (Å²) in [4.78, 5) is 40.0. The summed E-state index contributed by atoms with van der Waals surface area (Å²) in [6.45, 7) is 7.04. The summed E-state index contributed by atoms with van der Waals surface area (Å²) in [5, 5.41) is 13.1. The minimum absolute atomic E-state index is 0.122. The Morgan fingerprint density at radius 2 is 1.90 bits per heavy atom. The van der Waals surface area contributed by atoms with Crippen LogP contribution in [0.15, 0.2) is 30.5 Å². The molecule has 4 heterocycles. The number of amides is 2. The molecular weight excluding hydrogens is 530 g/mol. The first-order valence-corrected chi connectivity index (χ1v) is 13.8. The van der Waals surface area contributed by atoms with Crippen LogP contribution in [0.3, 0.4) is 0 Å². The molecule has 4 aromatic rings. The quantitative estimate of drug-likeness (QED) is 0.367. The second kappa shape index (κ2) is 11.3. The second-order valence-corrected chi connectivity index (χ2v) is 10.8. The number of nitrogens with zero attached hydrogens (tertiary/aromatic N) is 8. The lowest BCUT2D eigenvalue weighted by Gasteiger charge is -2.29. The van der Waals surface area contributed by atoms with Crippen LogP contribution in [0.1, 0.15) is 52.0 Å². The average Bonchev–Trinajstić information content (AvgIpc) is 3.50. The summed E-state index contributed by atoms with van der Waals surface area (Å²) in [6, 6.07) is 6.96. The molecule has 0 bridgehead atoms. The molecule has 1 aliphatic heterocycles. The van der Waals surface area contributed by atoms with Crippen LogP contribution in [-0.4, -0.2) is 84.4 Å². The van der Waals surface area contributed by atoms with Gasteiger partial charge in [-0.05, 0) is 65.0 Å². The van der Waals surface area contributed by atoms with Crippen molar-refractivity contribution in [3.63, 3.8) is 0 Å². The van der Waals surface area contributed by atoms with Gasteiger partial charge in [-0.2, -0.15) is 10.2 Å².